The number of rotatable bonds is 4. The smallest absolute Gasteiger partial charge is 0.261 e. The Labute approximate surface area is 122 Å². The monoisotopic (exact) mass is 309 g/mol. The second-order valence-corrected chi connectivity index (χ2v) is 6.31. The molecule has 20 heavy (non-hydrogen) atoms. The van der Waals surface area contributed by atoms with Gasteiger partial charge in [-0.05, 0) is 43.3 Å². The zero-order valence-electron chi connectivity index (χ0n) is 10.6. The molecule has 0 saturated carbocycles. The van der Waals surface area contributed by atoms with E-state index in [1.165, 1.54) is 31.2 Å². The summed E-state index contributed by atoms with van der Waals surface area (Å²) in [6.45, 7) is 1.43. The first-order valence-electron chi connectivity index (χ1n) is 5.78. The molecule has 0 amide bonds. The second kappa shape index (κ2) is 5.64. The molecule has 0 bridgehead atoms. The van der Waals surface area contributed by atoms with E-state index in [1.807, 2.05) is 0 Å². The molecule has 0 spiro atoms. The average Bonchev–Trinajstić information content (AvgIpc) is 2.41. The van der Waals surface area contributed by atoms with E-state index in [2.05, 4.69) is 4.72 Å². The van der Waals surface area contributed by atoms with Crippen molar-refractivity contribution in [1.29, 1.82) is 0 Å². The van der Waals surface area contributed by atoms with Crippen molar-refractivity contribution in [3.63, 3.8) is 0 Å². The summed E-state index contributed by atoms with van der Waals surface area (Å²) in [6.07, 6.45) is 0. The molecule has 0 aliphatic carbocycles. The van der Waals surface area contributed by atoms with Gasteiger partial charge in [-0.15, -0.1) is 0 Å². The highest BCUT2D eigenvalue weighted by Gasteiger charge is 2.14. The van der Waals surface area contributed by atoms with Crippen LogP contribution in [0.3, 0.4) is 0 Å². The fourth-order valence-electron chi connectivity index (χ4n) is 1.60. The first kappa shape index (κ1) is 14.6. The van der Waals surface area contributed by atoms with Crippen LogP contribution in [0.2, 0.25) is 5.02 Å². The van der Waals surface area contributed by atoms with Crippen molar-refractivity contribution >= 4 is 33.1 Å². The summed E-state index contributed by atoms with van der Waals surface area (Å²) in [6, 6.07) is 12.1. The molecule has 0 aromatic heterocycles. The van der Waals surface area contributed by atoms with E-state index in [0.717, 1.165) is 0 Å². The Bertz CT molecular complexity index is 722. The first-order chi connectivity index (χ1) is 9.38. The van der Waals surface area contributed by atoms with Crippen LogP contribution in [0.15, 0.2) is 53.4 Å². The van der Waals surface area contributed by atoms with E-state index in [9.17, 15) is 13.2 Å². The molecule has 104 valence electrons. The van der Waals surface area contributed by atoms with Gasteiger partial charge in [-0.2, -0.15) is 0 Å². The molecule has 4 nitrogen and oxygen atoms in total. The van der Waals surface area contributed by atoms with E-state index < -0.39 is 10.0 Å². The van der Waals surface area contributed by atoms with Crippen LogP contribution in [0, 0.1) is 0 Å². The van der Waals surface area contributed by atoms with Crippen molar-refractivity contribution in [2.24, 2.45) is 0 Å². The van der Waals surface area contributed by atoms with Gasteiger partial charge in [-0.25, -0.2) is 8.42 Å². The van der Waals surface area contributed by atoms with Crippen LogP contribution >= 0.6 is 11.6 Å². The van der Waals surface area contributed by atoms with Crippen LogP contribution in [0.5, 0.6) is 0 Å². The highest BCUT2D eigenvalue weighted by atomic mass is 35.5. The van der Waals surface area contributed by atoms with Gasteiger partial charge in [0.2, 0.25) is 0 Å². The van der Waals surface area contributed by atoms with Gasteiger partial charge in [0.15, 0.2) is 5.78 Å². The topological polar surface area (TPSA) is 63.2 Å². The van der Waals surface area contributed by atoms with Gasteiger partial charge in [0.05, 0.1) is 4.90 Å². The number of ketones is 1. The Hall–Kier alpha value is -1.85. The molecule has 0 heterocycles. The molecule has 0 fully saturated rings. The molecule has 0 aliphatic heterocycles. The molecule has 0 atom stereocenters. The summed E-state index contributed by atoms with van der Waals surface area (Å²) in [5, 5.41) is 0.527. The van der Waals surface area contributed by atoms with Crippen molar-refractivity contribution in [3.05, 3.63) is 59.1 Å². The molecular weight excluding hydrogens is 298 g/mol. The first-order valence-corrected chi connectivity index (χ1v) is 7.64. The van der Waals surface area contributed by atoms with Gasteiger partial charge in [0, 0.05) is 16.3 Å². The van der Waals surface area contributed by atoms with Gasteiger partial charge in [-0.1, -0.05) is 23.7 Å². The lowest BCUT2D eigenvalue weighted by Crippen LogP contribution is -2.13. The van der Waals surface area contributed by atoms with E-state index in [1.54, 1.807) is 24.3 Å². The summed E-state index contributed by atoms with van der Waals surface area (Å²) >= 11 is 5.74. The van der Waals surface area contributed by atoms with E-state index >= 15 is 0 Å². The number of benzene rings is 2. The normalized spacial score (nSPS) is 11.1. The third-order valence-electron chi connectivity index (χ3n) is 2.67. The highest BCUT2D eigenvalue weighted by molar-refractivity contribution is 7.92. The fraction of sp³-hybridized carbons (Fsp3) is 0.0714. The van der Waals surface area contributed by atoms with E-state index in [4.69, 9.17) is 11.6 Å². The van der Waals surface area contributed by atoms with Crippen molar-refractivity contribution < 1.29 is 13.2 Å². The summed E-state index contributed by atoms with van der Waals surface area (Å²) in [7, 11) is -3.67. The van der Waals surface area contributed by atoms with Crippen LogP contribution in [0.1, 0.15) is 17.3 Å². The molecule has 2 aromatic carbocycles. The molecule has 6 heteroatoms. The van der Waals surface area contributed by atoms with E-state index in [0.29, 0.717) is 16.3 Å². The Kier molecular flexibility index (Phi) is 4.11. The SMILES string of the molecule is CC(=O)c1ccc(S(=O)(=O)Nc2ccc(Cl)cc2)cc1. The average molecular weight is 310 g/mol. The molecule has 1 N–H and O–H groups in total. The summed E-state index contributed by atoms with van der Waals surface area (Å²) in [5.41, 5.74) is 0.889. The van der Waals surface area contributed by atoms with Crippen LogP contribution in [-0.2, 0) is 10.0 Å². The Morgan fingerprint density at radius 2 is 1.55 bits per heavy atom. The lowest BCUT2D eigenvalue weighted by atomic mass is 10.2. The van der Waals surface area contributed by atoms with Crippen LogP contribution in [0.4, 0.5) is 5.69 Å². The van der Waals surface area contributed by atoms with Gasteiger partial charge in [0.1, 0.15) is 0 Å². The molecule has 0 saturated heterocycles. The maximum absolute atomic E-state index is 12.1. The minimum atomic E-state index is -3.67. The molecule has 0 radical (unpaired) electrons. The van der Waals surface area contributed by atoms with Gasteiger partial charge >= 0.3 is 0 Å². The van der Waals surface area contributed by atoms with E-state index in [-0.39, 0.29) is 10.7 Å². The predicted octanol–water partition coefficient (Wildman–Crippen LogP) is 3.34. The minimum absolute atomic E-state index is 0.0949. The molecule has 2 rings (SSSR count). The van der Waals surface area contributed by atoms with Crippen molar-refractivity contribution in [1.82, 2.24) is 0 Å². The number of hydrogen-bond acceptors (Lipinski definition) is 3. The van der Waals surface area contributed by atoms with Crippen molar-refractivity contribution in [2.75, 3.05) is 4.72 Å². The fourth-order valence-corrected chi connectivity index (χ4v) is 2.79. The van der Waals surface area contributed by atoms with Gasteiger partial charge < -0.3 is 0 Å². The van der Waals surface area contributed by atoms with Crippen LogP contribution in [0.25, 0.3) is 0 Å². The summed E-state index contributed by atoms with van der Waals surface area (Å²) in [4.78, 5) is 11.2. The number of sulfonamides is 1. The number of anilines is 1. The summed E-state index contributed by atoms with van der Waals surface area (Å²) in [5.74, 6) is -0.111. The zero-order chi connectivity index (χ0) is 14.8. The number of carbonyl (C=O) groups is 1. The summed E-state index contributed by atoms with van der Waals surface area (Å²) < 4.78 is 26.7. The van der Waals surface area contributed by atoms with Gasteiger partial charge in [-0.3, -0.25) is 9.52 Å². The lowest BCUT2D eigenvalue weighted by Gasteiger charge is -2.08. The van der Waals surface area contributed by atoms with Crippen molar-refractivity contribution in [2.45, 2.75) is 11.8 Å². The predicted molar refractivity (Wildman–Crippen MR) is 78.7 cm³/mol. The largest absolute Gasteiger partial charge is 0.295 e. The van der Waals surface area contributed by atoms with Gasteiger partial charge in [0.25, 0.3) is 10.0 Å². The third-order valence-corrected chi connectivity index (χ3v) is 4.32. The van der Waals surface area contributed by atoms with Crippen molar-refractivity contribution in [3.8, 4) is 0 Å². The minimum Gasteiger partial charge on any atom is -0.295 e. The third kappa shape index (κ3) is 3.37. The lowest BCUT2D eigenvalue weighted by molar-refractivity contribution is 0.101. The second-order valence-electron chi connectivity index (χ2n) is 4.19. The molecule has 0 aliphatic rings. The Morgan fingerprint density at radius 1 is 1.00 bits per heavy atom. The molecule has 2 aromatic rings. The number of hydrogen-bond donors (Lipinski definition) is 1. The Balaban J connectivity index is 2.26. The molecule has 0 unspecified atom stereocenters. The quantitative estimate of drug-likeness (QED) is 0.881. The van der Waals surface area contributed by atoms with Crippen LogP contribution in [-0.4, -0.2) is 14.2 Å². The number of Topliss-reactive ketones (excluding diaryl/α,β-unsaturated/α-hetero) is 1. The number of carbonyl (C=O) groups excluding carboxylic acids is 1. The number of halogens is 1. The Morgan fingerprint density at radius 3 is 2.05 bits per heavy atom. The molecular formula is C14H12ClNO3S. The maximum Gasteiger partial charge on any atom is 0.261 e. The zero-order valence-corrected chi connectivity index (χ0v) is 12.2. The maximum atomic E-state index is 12.1. The number of nitrogens with one attached hydrogen (secondary N) is 1. The van der Waals surface area contributed by atoms with Crippen LogP contribution < -0.4 is 4.72 Å². The highest BCUT2D eigenvalue weighted by Crippen LogP contribution is 2.18. The standard InChI is InChI=1S/C14H12ClNO3S/c1-10(17)11-2-8-14(9-3-11)20(18,19)16-13-6-4-12(15)5-7-13/h2-9,16H,1H3.